The van der Waals surface area contributed by atoms with Gasteiger partial charge in [0.1, 0.15) is 23.9 Å². The number of carbonyl (C=O) groups is 7. The zero-order chi connectivity index (χ0) is 43.7. The first-order chi connectivity index (χ1) is 28.6. The van der Waals surface area contributed by atoms with Crippen LogP contribution in [-0.4, -0.2) is 96.3 Å². The van der Waals surface area contributed by atoms with E-state index in [-0.39, 0.29) is 32.2 Å². The molecule has 0 aromatic heterocycles. The van der Waals surface area contributed by atoms with Crippen LogP contribution in [0.4, 0.5) is 13.2 Å². The largest absolute Gasteiger partial charge is 0.491 e. The Balaban J connectivity index is 1.40. The van der Waals surface area contributed by atoms with E-state index in [4.69, 9.17) is 11.5 Å². The van der Waals surface area contributed by atoms with Gasteiger partial charge in [0.15, 0.2) is 0 Å². The third kappa shape index (κ3) is 14.8. The van der Waals surface area contributed by atoms with Crippen LogP contribution in [0.25, 0.3) is 6.08 Å². The minimum absolute atomic E-state index is 0.130. The van der Waals surface area contributed by atoms with Crippen LogP contribution in [0.2, 0.25) is 0 Å². The van der Waals surface area contributed by atoms with E-state index < -0.39 is 84.1 Å². The van der Waals surface area contributed by atoms with Crippen molar-refractivity contribution in [3.63, 3.8) is 0 Å². The molecule has 1 saturated heterocycles. The number of alkyl halides is 3. The van der Waals surface area contributed by atoms with E-state index in [1.807, 2.05) is 6.07 Å². The number of ether oxygens (including phenoxy) is 1. The van der Waals surface area contributed by atoms with Crippen LogP contribution in [0.1, 0.15) is 48.8 Å². The molecule has 0 aliphatic carbocycles. The highest BCUT2D eigenvalue weighted by molar-refractivity contribution is 6.01. The number of amides is 6. The maximum absolute atomic E-state index is 14.1. The molecule has 0 radical (unpaired) electrons. The Morgan fingerprint density at radius 1 is 0.817 bits per heavy atom. The summed E-state index contributed by atoms with van der Waals surface area (Å²) < 4.78 is 42.4. The third-order valence-electron chi connectivity index (χ3n) is 9.39. The molecule has 0 unspecified atom stereocenters. The second-order valence-electron chi connectivity index (χ2n) is 14.0. The number of unbranched alkanes of at least 4 members (excludes halogenated alkanes) is 1. The van der Waals surface area contributed by atoms with Gasteiger partial charge in [-0.2, -0.15) is 13.2 Å². The van der Waals surface area contributed by atoms with Crippen molar-refractivity contribution in [2.24, 2.45) is 11.5 Å². The number of nitrogens with two attached hydrogens (primary N) is 2. The molecule has 0 bridgehead atoms. The number of carbonyl (C=O) groups excluding carboxylic acids is 7. The van der Waals surface area contributed by atoms with Gasteiger partial charge in [-0.05, 0) is 80.0 Å². The Morgan fingerprint density at radius 2 is 1.47 bits per heavy atom. The molecule has 6 amide bonds. The molecule has 1 heterocycles. The number of halogens is 3. The first-order valence-electron chi connectivity index (χ1n) is 19.3. The fraction of sp³-hybridized carbons (Fsp3) is 0.357. The third-order valence-corrected chi connectivity index (χ3v) is 9.39. The summed E-state index contributed by atoms with van der Waals surface area (Å²) in [6, 6.07) is 18.2. The van der Waals surface area contributed by atoms with Gasteiger partial charge >= 0.3 is 12.1 Å². The summed E-state index contributed by atoms with van der Waals surface area (Å²) in [6.07, 6.45) is -0.674. The molecule has 1 aliphatic rings. The number of rotatable bonds is 19. The number of nitrogens with zero attached hydrogens (tertiary/aromatic N) is 1. The lowest BCUT2D eigenvalue weighted by atomic mass is 10.0. The van der Waals surface area contributed by atoms with E-state index >= 15 is 0 Å². The maximum Gasteiger partial charge on any atom is 0.491 e. The van der Waals surface area contributed by atoms with E-state index in [0.717, 1.165) is 17.7 Å². The molecule has 3 aromatic carbocycles. The van der Waals surface area contributed by atoms with Gasteiger partial charge in [0.2, 0.25) is 35.4 Å². The van der Waals surface area contributed by atoms with Gasteiger partial charge in [-0.25, -0.2) is 4.79 Å². The monoisotopic (exact) mass is 835 g/mol. The summed E-state index contributed by atoms with van der Waals surface area (Å²) in [6.45, 7) is -0.111. The van der Waals surface area contributed by atoms with E-state index in [9.17, 15) is 46.7 Å². The molecule has 3 aromatic rings. The molecule has 0 spiro atoms. The molecular formula is C42H48F3N7O8. The van der Waals surface area contributed by atoms with Crippen LogP contribution in [0.15, 0.2) is 91.0 Å². The van der Waals surface area contributed by atoms with Gasteiger partial charge in [-0.1, -0.05) is 72.8 Å². The van der Waals surface area contributed by atoms with Crippen molar-refractivity contribution in [1.82, 2.24) is 26.2 Å². The molecule has 15 nitrogen and oxygen atoms in total. The Hall–Kier alpha value is -6.40. The molecule has 1 aliphatic heterocycles. The van der Waals surface area contributed by atoms with Crippen molar-refractivity contribution in [1.29, 1.82) is 0 Å². The summed E-state index contributed by atoms with van der Waals surface area (Å²) >= 11 is 0. The van der Waals surface area contributed by atoms with Gasteiger partial charge < -0.3 is 37.1 Å². The van der Waals surface area contributed by atoms with Gasteiger partial charge in [0.25, 0.3) is 0 Å². The van der Waals surface area contributed by atoms with Crippen LogP contribution in [0.3, 0.4) is 0 Å². The minimum Gasteiger partial charge on any atom is -0.420 e. The molecule has 4 rings (SSSR count). The first-order valence-corrected chi connectivity index (χ1v) is 19.3. The number of hydrogen-bond donors (Lipinski definition) is 6. The number of imide groups is 1. The average molecular weight is 836 g/mol. The molecule has 18 heteroatoms. The molecule has 1 fully saturated rings. The Kier molecular flexibility index (Phi) is 17.5. The highest BCUT2D eigenvalue weighted by Crippen LogP contribution is 2.23. The predicted molar refractivity (Wildman–Crippen MR) is 213 cm³/mol. The zero-order valence-electron chi connectivity index (χ0n) is 32.6. The van der Waals surface area contributed by atoms with Crippen molar-refractivity contribution >= 4 is 47.5 Å². The summed E-state index contributed by atoms with van der Waals surface area (Å²) in [5.74, 6) is -7.01. The lowest BCUT2D eigenvalue weighted by molar-refractivity contribution is -0.189. The molecule has 320 valence electrons. The van der Waals surface area contributed by atoms with Crippen LogP contribution in [0, 0.1) is 0 Å². The second-order valence-corrected chi connectivity index (χ2v) is 14.0. The number of likely N-dealkylation sites (tertiary alicyclic amines) is 1. The highest BCUT2D eigenvalue weighted by atomic mass is 19.4. The fourth-order valence-corrected chi connectivity index (χ4v) is 6.31. The van der Waals surface area contributed by atoms with Crippen LogP contribution in [-0.2, 0) is 46.4 Å². The van der Waals surface area contributed by atoms with Crippen LogP contribution < -0.4 is 37.5 Å². The van der Waals surface area contributed by atoms with Crippen molar-refractivity contribution in [3.8, 4) is 5.75 Å². The van der Waals surface area contributed by atoms with Crippen LogP contribution >= 0.6 is 0 Å². The smallest absolute Gasteiger partial charge is 0.420 e. The molecule has 0 saturated carbocycles. The van der Waals surface area contributed by atoms with Crippen molar-refractivity contribution < 1.29 is 51.5 Å². The SMILES string of the molecule is NCCCC[C@H](NC(=O)CNC(=O)[C@@H]1CCCN1C(=O)[C@H](Cc1ccc(OC(=O)C(F)(F)F)cc1)NC(=O)/C=C/c1ccccc1)C(=O)NC(=O)[C@@H](N)Cc1ccccc1. The van der Waals surface area contributed by atoms with Gasteiger partial charge in [-0.15, -0.1) is 0 Å². The van der Waals surface area contributed by atoms with Crippen molar-refractivity contribution in [2.75, 3.05) is 19.6 Å². The second kappa shape index (κ2) is 22.7. The highest BCUT2D eigenvalue weighted by Gasteiger charge is 2.41. The fourth-order valence-electron chi connectivity index (χ4n) is 6.31. The number of esters is 1. The lowest BCUT2D eigenvalue weighted by Crippen LogP contribution is -2.56. The molecule has 4 atom stereocenters. The minimum atomic E-state index is -5.21. The molecular weight excluding hydrogens is 787 g/mol. The van der Waals surface area contributed by atoms with E-state index in [2.05, 4.69) is 26.0 Å². The van der Waals surface area contributed by atoms with Gasteiger partial charge in [-0.3, -0.25) is 34.1 Å². The van der Waals surface area contributed by atoms with E-state index in [0.29, 0.717) is 36.9 Å². The molecule has 8 N–H and O–H groups in total. The van der Waals surface area contributed by atoms with Crippen molar-refractivity contribution in [3.05, 3.63) is 108 Å². The Labute approximate surface area is 344 Å². The van der Waals surface area contributed by atoms with Crippen LogP contribution in [0.5, 0.6) is 5.75 Å². The number of benzene rings is 3. The van der Waals surface area contributed by atoms with Gasteiger partial charge in [0, 0.05) is 19.0 Å². The lowest BCUT2D eigenvalue weighted by Gasteiger charge is -2.28. The Bertz CT molecular complexity index is 1980. The summed E-state index contributed by atoms with van der Waals surface area (Å²) in [5.41, 5.74) is 13.5. The molecule has 60 heavy (non-hydrogen) atoms. The summed E-state index contributed by atoms with van der Waals surface area (Å²) in [4.78, 5) is 92.1. The Morgan fingerprint density at radius 3 is 2.12 bits per heavy atom. The quantitative estimate of drug-likeness (QED) is 0.0444. The van der Waals surface area contributed by atoms with E-state index in [1.165, 1.54) is 29.2 Å². The van der Waals surface area contributed by atoms with E-state index in [1.54, 1.807) is 54.6 Å². The number of nitrogens with one attached hydrogen (secondary N) is 4. The van der Waals surface area contributed by atoms with Gasteiger partial charge in [0.05, 0.1) is 12.6 Å². The van der Waals surface area contributed by atoms with Crippen molar-refractivity contribution in [2.45, 2.75) is 75.3 Å². The first kappa shape index (κ1) is 46.3. The standard InChI is InChI=1S/C42H48F3N7O8/c43-42(44,45)41(59)60-30-19-16-29(17-20-30)25-33(50-35(53)21-18-27-10-3-1-4-11-27)40(58)52-23-9-15-34(52)39(57)48-26-36(54)49-32(14-7-8-22-46)38(56)51-37(55)31(47)24-28-12-5-2-6-13-28/h1-6,10-13,16-21,31-34H,7-9,14-15,22-26,46-47H2,(H,48,57)(H,49,54)(H,50,53)(H,51,55,56)/b21-18+/t31-,32-,33-,34-/m0/s1. The zero-order valence-corrected chi connectivity index (χ0v) is 32.6. The topological polar surface area (TPSA) is 232 Å². The summed E-state index contributed by atoms with van der Waals surface area (Å²) in [5, 5.41) is 9.96. The summed E-state index contributed by atoms with van der Waals surface area (Å²) in [7, 11) is 0. The average Bonchev–Trinajstić information content (AvgIpc) is 3.73. The maximum atomic E-state index is 14.1. The normalized spacial score (nSPS) is 15.3. The predicted octanol–water partition coefficient (Wildman–Crippen LogP) is 1.83. The number of hydrogen-bond acceptors (Lipinski definition) is 10.